The molecule has 3 nitrogen and oxygen atoms in total. The molecule has 1 aromatic carbocycles. The standard InChI is InChI=1S/C10H9N3/c1-2-4-9-8(3-1)7-13-6-5-11-10(13)12-9/h1-6H,7H2,(H,11,12). The maximum atomic E-state index is 4.21. The number of rotatable bonds is 0. The molecule has 0 spiro atoms. The van der Waals surface area contributed by atoms with E-state index in [1.165, 1.54) is 11.3 Å². The van der Waals surface area contributed by atoms with E-state index in [-0.39, 0.29) is 0 Å². The van der Waals surface area contributed by atoms with Crippen molar-refractivity contribution < 1.29 is 0 Å². The third kappa shape index (κ3) is 0.935. The quantitative estimate of drug-likeness (QED) is 0.560. The van der Waals surface area contributed by atoms with Crippen molar-refractivity contribution in [1.82, 2.24) is 9.55 Å². The van der Waals surface area contributed by atoms with E-state index in [1.807, 2.05) is 18.5 Å². The largest absolute Gasteiger partial charge is 0.325 e. The van der Waals surface area contributed by atoms with Gasteiger partial charge in [-0.3, -0.25) is 0 Å². The molecule has 0 atom stereocenters. The van der Waals surface area contributed by atoms with Crippen LogP contribution >= 0.6 is 0 Å². The van der Waals surface area contributed by atoms with Crippen LogP contribution in [0.15, 0.2) is 36.7 Å². The lowest BCUT2D eigenvalue weighted by Crippen LogP contribution is -2.12. The minimum Gasteiger partial charge on any atom is -0.325 e. The molecule has 2 aromatic rings. The third-order valence-electron chi connectivity index (χ3n) is 2.32. The van der Waals surface area contributed by atoms with Gasteiger partial charge in [0.1, 0.15) is 0 Å². The lowest BCUT2D eigenvalue weighted by Gasteiger charge is -2.19. The zero-order valence-corrected chi connectivity index (χ0v) is 7.07. The Morgan fingerprint density at radius 3 is 3.23 bits per heavy atom. The molecule has 1 N–H and O–H groups in total. The van der Waals surface area contributed by atoms with Crippen LogP contribution in [-0.2, 0) is 6.54 Å². The van der Waals surface area contributed by atoms with Crippen LogP contribution in [0.1, 0.15) is 5.56 Å². The summed E-state index contributed by atoms with van der Waals surface area (Å²) >= 11 is 0. The van der Waals surface area contributed by atoms with Crippen molar-refractivity contribution >= 4 is 11.6 Å². The Balaban J connectivity index is 2.14. The fraction of sp³-hybridized carbons (Fsp3) is 0.100. The monoisotopic (exact) mass is 171 g/mol. The number of para-hydroxylation sites is 1. The highest BCUT2D eigenvalue weighted by atomic mass is 15.2. The van der Waals surface area contributed by atoms with Gasteiger partial charge in [0.2, 0.25) is 5.95 Å². The fourth-order valence-electron chi connectivity index (χ4n) is 1.64. The number of nitrogens with zero attached hydrogens (tertiary/aromatic N) is 2. The first-order valence-electron chi connectivity index (χ1n) is 4.29. The first-order valence-corrected chi connectivity index (χ1v) is 4.29. The molecule has 0 saturated heterocycles. The van der Waals surface area contributed by atoms with Gasteiger partial charge in [0.25, 0.3) is 0 Å². The van der Waals surface area contributed by atoms with Gasteiger partial charge in [-0.2, -0.15) is 0 Å². The molecule has 0 aliphatic carbocycles. The van der Waals surface area contributed by atoms with Crippen LogP contribution in [0.2, 0.25) is 0 Å². The maximum absolute atomic E-state index is 4.21. The Labute approximate surface area is 76.0 Å². The van der Waals surface area contributed by atoms with Crippen molar-refractivity contribution in [3.63, 3.8) is 0 Å². The second kappa shape index (κ2) is 2.36. The second-order valence-electron chi connectivity index (χ2n) is 3.16. The van der Waals surface area contributed by atoms with Crippen LogP contribution in [0.5, 0.6) is 0 Å². The number of aromatic nitrogens is 2. The molecule has 1 aliphatic rings. The number of nitrogens with one attached hydrogen (secondary N) is 1. The van der Waals surface area contributed by atoms with E-state index in [2.05, 4.69) is 33.1 Å². The zero-order valence-electron chi connectivity index (χ0n) is 7.07. The van der Waals surface area contributed by atoms with E-state index >= 15 is 0 Å². The van der Waals surface area contributed by atoms with Crippen LogP contribution < -0.4 is 5.32 Å². The Bertz CT molecular complexity index is 405. The van der Waals surface area contributed by atoms with Gasteiger partial charge in [-0.1, -0.05) is 18.2 Å². The van der Waals surface area contributed by atoms with Gasteiger partial charge in [-0.05, 0) is 11.6 Å². The minimum absolute atomic E-state index is 0.915. The van der Waals surface area contributed by atoms with E-state index in [4.69, 9.17) is 0 Å². The average Bonchev–Trinajstić information content (AvgIpc) is 2.61. The average molecular weight is 171 g/mol. The highest BCUT2D eigenvalue weighted by Crippen LogP contribution is 2.25. The first-order chi connectivity index (χ1) is 6.43. The summed E-state index contributed by atoms with van der Waals surface area (Å²) in [4.78, 5) is 4.21. The van der Waals surface area contributed by atoms with E-state index in [9.17, 15) is 0 Å². The Morgan fingerprint density at radius 2 is 2.23 bits per heavy atom. The van der Waals surface area contributed by atoms with Crippen LogP contribution in [0.3, 0.4) is 0 Å². The Morgan fingerprint density at radius 1 is 1.31 bits per heavy atom. The highest BCUT2D eigenvalue weighted by molar-refractivity contribution is 5.61. The molecule has 0 amide bonds. The number of benzene rings is 1. The summed E-state index contributed by atoms with van der Waals surface area (Å²) in [5, 5.41) is 3.27. The molecule has 3 rings (SSSR count). The van der Waals surface area contributed by atoms with Gasteiger partial charge >= 0.3 is 0 Å². The van der Waals surface area contributed by atoms with E-state index < -0.39 is 0 Å². The summed E-state index contributed by atoms with van der Waals surface area (Å²) < 4.78 is 2.10. The molecule has 0 bridgehead atoms. The van der Waals surface area contributed by atoms with Gasteiger partial charge in [-0.15, -0.1) is 0 Å². The molecule has 2 heterocycles. The number of imidazole rings is 1. The zero-order chi connectivity index (χ0) is 8.67. The van der Waals surface area contributed by atoms with Crippen molar-refractivity contribution in [2.45, 2.75) is 6.54 Å². The van der Waals surface area contributed by atoms with Crippen LogP contribution in [0, 0.1) is 0 Å². The summed E-state index contributed by atoms with van der Waals surface area (Å²) in [6.45, 7) is 0.915. The molecular formula is C10H9N3. The summed E-state index contributed by atoms with van der Waals surface area (Å²) in [5.74, 6) is 0.929. The van der Waals surface area contributed by atoms with Gasteiger partial charge in [0.05, 0.1) is 6.54 Å². The van der Waals surface area contributed by atoms with Gasteiger partial charge < -0.3 is 9.88 Å². The summed E-state index contributed by atoms with van der Waals surface area (Å²) in [5.41, 5.74) is 2.48. The van der Waals surface area contributed by atoms with Crippen LogP contribution in [0.4, 0.5) is 11.6 Å². The van der Waals surface area contributed by atoms with Crippen molar-refractivity contribution in [1.29, 1.82) is 0 Å². The second-order valence-corrected chi connectivity index (χ2v) is 3.16. The fourth-order valence-corrected chi connectivity index (χ4v) is 1.64. The summed E-state index contributed by atoms with van der Waals surface area (Å²) in [7, 11) is 0. The highest BCUT2D eigenvalue weighted by Gasteiger charge is 2.12. The molecule has 0 unspecified atom stereocenters. The number of fused-ring (bicyclic) bond motifs is 2. The first kappa shape index (κ1) is 6.71. The molecule has 13 heavy (non-hydrogen) atoms. The Hall–Kier alpha value is -1.77. The molecule has 1 aliphatic heterocycles. The summed E-state index contributed by atoms with van der Waals surface area (Å²) in [6.07, 6.45) is 3.80. The molecule has 64 valence electrons. The molecule has 0 fully saturated rings. The topological polar surface area (TPSA) is 29.9 Å². The third-order valence-corrected chi connectivity index (χ3v) is 2.32. The van der Waals surface area contributed by atoms with Crippen molar-refractivity contribution in [3.05, 3.63) is 42.2 Å². The van der Waals surface area contributed by atoms with Crippen molar-refractivity contribution in [2.24, 2.45) is 0 Å². The predicted octanol–water partition coefficient (Wildman–Crippen LogP) is 1.99. The number of hydrogen-bond acceptors (Lipinski definition) is 2. The molecule has 0 saturated carbocycles. The van der Waals surface area contributed by atoms with Gasteiger partial charge in [0.15, 0.2) is 0 Å². The molecular weight excluding hydrogens is 162 g/mol. The normalized spacial score (nSPS) is 12.9. The van der Waals surface area contributed by atoms with Gasteiger partial charge in [0, 0.05) is 18.1 Å². The molecule has 0 radical (unpaired) electrons. The van der Waals surface area contributed by atoms with Crippen molar-refractivity contribution in [3.8, 4) is 0 Å². The van der Waals surface area contributed by atoms with Gasteiger partial charge in [-0.25, -0.2) is 4.98 Å². The molecule has 1 aromatic heterocycles. The van der Waals surface area contributed by atoms with Crippen LogP contribution in [0.25, 0.3) is 0 Å². The van der Waals surface area contributed by atoms with E-state index in [1.54, 1.807) is 0 Å². The van der Waals surface area contributed by atoms with E-state index in [0.29, 0.717) is 0 Å². The number of hydrogen-bond donors (Lipinski definition) is 1. The predicted molar refractivity (Wildman–Crippen MR) is 51.1 cm³/mol. The number of anilines is 2. The minimum atomic E-state index is 0.915. The Kier molecular flexibility index (Phi) is 1.22. The SMILES string of the molecule is c1ccc2c(c1)Cn1ccnc1N2. The lowest BCUT2D eigenvalue weighted by atomic mass is 10.1. The maximum Gasteiger partial charge on any atom is 0.207 e. The molecule has 3 heteroatoms. The van der Waals surface area contributed by atoms with Crippen LogP contribution in [-0.4, -0.2) is 9.55 Å². The summed E-state index contributed by atoms with van der Waals surface area (Å²) in [6, 6.07) is 8.30. The van der Waals surface area contributed by atoms with E-state index in [0.717, 1.165) is 12.5 Å². The van der Waals surface area contributed by atoms with Crippen molar-refractivity contribution in [2.75, 3.05) is 5.32 Å². The smallest absolute Gasteiger partial charge is 0.207 e. The lowest BCUT2D eigenvalue weighted by molar-refractivity contribution is 0.791.